The molecule has 114 valence electrons. The van der Waals surface area contributed by atoms with E-state index in [0.717, 1.165) is 17.3 Å². The lowest BCUT2D eigenvalue weighted by atomic mass is 10.1. The third kappa shape index (κ3) is 3.59. The van der Waals surface area contributed by atoms with Gasteiger partial charge in [-0.3, -0.25) is 9.78 Å². The summed E-state index contributed by atoms with van der Waals surface area (Å²) in [6.07, 6.45) is 6.50. The molecule has 1 fully saturated rings. The summed E-state index contributed by atoms with van der Waals surface area (Å²) < 4.78 is 6.58. The Balaban J connectivity index is 1.56. The van der Waals surface area contributed by atoms with E-state index in [-0.39, 0.29) is 12.0 Å². The van der Waals surface area contributed by atoms with Gasteiger partial charge in [0.05, 0.1) is 5.56 Å². The van der Waals surface area contributed by atoms with E-state index in [1.165, 1.54) is 0 Å². The minimum Gasteiger partial charge on any atom is -0.473 e. The van der Waals surface area contributed by atoms with Gasteiger partial charge >= 0.3 is 0 Å². The van der Waals surface area contributed by atoms with E-state index in [1.807, 2.05) is 4.90 Å². The molecule has 3 rings (SSSR count). The fourth-order valence-corrected chi connectivity index (χ4v) is 2.77. The number of piperidine rings is 1. The van der Waals surface area contributed by atoms with Gasteiger partial charge in [-0.05, 0) is 28.1 Å². The quantitative estimate of drug-likeness (QED) is 0.837. The maximum atomic E-state index is 12.4. The number of aromatic nitrogens is 3. The molecule has 1 amide bonds. The van der Waals surface area contributed by atoms with Gasteiger partial charge in [0, 0.05) is 55.1 Å². The smallest absolute Gasteiger partial charge is 0.255 e. The van der Waals surface area contributed by atoms with Crippen molar-refractivity contribution >= 4 is 21.8 Å². The van der Waals surface area contributed by atoms with Crippen molar-refractivity contribution in [1.82, 2.24) is 20.1 Å². The molecule has 0 atom stereocenters. The molecule has 2 aromatic rings. The Labute approximate surface area is 136 Å². The first-order valence-corrected chi connectivity index (χ1v) is 7.86. The van der Waals surface area contributed by atoms with Crippen LogP contribution >= 0.6 is 15.9 Å². The average molecular weight is 363 g/mol. The van der Waals surface area contributed by atoms with Crippen LogP contribution in [0.1, 0.15) is 23.2 Å². The van der Waals surface area contributed by atoms with E-state index in [9.17, 15) is 4.79 Å². The van der Waals surface area contributed by atoms with Crippen molar-refractivity contribution in [3.05, 3.63) is 46.8 Å². The molecule has 0 unspecified atom stereocenters. The third-order valence-electron chi connectivity index (χ3n) is 3.52. The number of rotatable bonds is 3. The van der Waals surface area contributed by atoms with Crippen LogP contribution in [0.15, 0.2) is 41.3 Å². The summed E-state index contributed by atoms with van der Waals surface area (Å²) in [5, 5.41) is 7.71. The molecular formula is C15H15BrN4O2. The summed E-state index contributed by atoms with van der Waals surface area (Å²) in [5.74, 6) is 0.537. The van der Waals surface area contributed by atoms with Crippen LogP contribution < -0.4 is 4.74 Å². The van der Waals surface area contributed by atoms with Crippen LogP contribution in [0.5, 0.6) is 5.88 Å². The Morgan fingerprint density at radius 3 is 2.82 bits per heavy atom. The van der Waals surface area contributed by atoms with Gasteiger partial charge in [-0.2, -0.15) is 5.10 Å². The molecule has 0 aromatic carbocycles. The molecule has 0 radical (unpaired) electrons. The molecule has 1 aliphatic rings. The SMILES string of the molecule is O=C(c1cncc(Br)c1)N1CCC(Oc2cccnn2)CC1. The molecule has 1 saturated heterocycles. The summed E-state index contributed by atoms with van der Waals surface area (Å²) in [7, 11) is 0. The minimum atomic E-state index is 0.00625. The zero-order valence-electron chi connectivity index (χ0n) is 11.9. The molecule has 3 heterocycles. The molecule has 0 N–H and O–H groups in total. The summed E-state index contributed by atoms with van der Waals surface area (Å²) in [4.78, 5) is 18.3. The zero-order valence-corrected chi connectivity index (χ0v) is 13.4. The Morgan fingerprint density at radius 2 is 2.14 bits per heavy atom. The van der Waals surface area contributed by atoms with Crippen LogP contribution in [0.3, 0.4) is 0 Å². The maximum absolute atomic E-state index is 12.4. The largest absolute Gasteiger partial charge is 0.473 e. The predicted molar refractivity (Wildman–Crippen MR) is 83.5 cm³/mol. The molecule has 7 heteroatoms. The van der Waals surface area contributed by atoms with Gasteiger partial charge in [0.25, 0.3) is 5.91 Å². The van der Waals surface area contributed by atoms with Crippen molar-refractivity contribution in [2.24, 2.45) is 0 Å². The Morgan fingerprint density at radius 1 is 1.32 bits per heavy atom. The second kappa shape index (κ2) is 6.83. The van der Waals surface area contributed by atoms with E-state index < -0.39 is 0 Å². The molecule has 2 aromatic heterocycles. The van der Waals surface area contributed by atoms with Crippen LogP contribution in [0, 0.1) is 0 Å². The number of nitrogens with zero attached hydrogens (tertiary/aromatic N) is 4. The van der Waals surface area contributed by atoms with Crippen molar-refractivity contribution in [1.29, 1.82) is 0 Å². The highest BCUT2D eigenvalue weighted by atomic mass is 79.9. The molecule has 0 saturated carbocycles. The molecule has 6 nitrogen and oxygen atoms in total. The van der Waals surface area contributed by atoms with Gasteiger partial charge < -0.3 is 9.64 Å². The predicted octanol–water partition coefficient (Wildman–Crippen LogP) is 2.32. The summed E-state index contributed by atoms with van der Waals surface area (Å²) >= 11 is 3.33. The number of halogens is 1. The fraction of sp³-hybridized carbons (Fsp3) is 0.333. The first kappa shape index (κ1) is 14.9. The van der Waals surface area contributed by atoms with Crippen molar-refractivity contribution in [3.8, 4) is 5.88 Å². The zero-order chi connectivity index (χ0) is 15.4. The Bertz CT molecular complexity index is 645. The highest BCUT2D eigenvalue weighted by Gasteiger charge is 2.25. The van der Waals surface area contributed by atoms with E-state index in [2.05, 4.69) is 31.1 Å². The topological polar surface area (TPSA) is 68.2 Å². The number of hydrogen-bond acceptors (Lipinski definition) is 5. The summed E-state index contributed by atoms with van der Waals surface area (Å²) in [6, 6.07) is 5.37. The molecular weight excluding hydrogens is 348 g/mol. The molecule has 22 heavy (non-hydrogen) atoms. The van der Waals surface area contributed by atoms with E-state index in [4.69, 9.17) is 4.74 Å². The average Bonchev–Trinajstić information content (AvgIpc) is 2.56. The summed E-state index contributed by atoms with van der Waals surface area (Å²) in [5.41, 5.74) is 0.600. The van der Waals surface area contributed by atoms with Crippen molar-refractivity contribution < 1.29 is 9.53 Å². The second-order valence-electron chi connectivity index (χ2n) is 5.06. The van der Waals surface area contributed by atoms with Crippen molar-refractivity contribution in [2.45, 2.75) is 18.9 Å². The first-order chi connectivity index (χ1) is 10.7. The number of ether oxygens (including phenoxy) is 1. The third-order valence-corrected chi connectivity index (χ3v) is 3.95. The number of hydrogen-bond donors (Lipinski definition) is 0. The van der Waals surface area contributed by atoms with Crippen LogP contribution in [-0.2, 0) is 0 Å². The number of carbonyl (C=O) groups is 1. The van der Waals surface area contributed by atoms with Crippen LogP contribution in [-0.4, -0.2) is 45.2 Å². The number of likely N-dealkylation sites (tertiary alicyclic amines) is 1. The van der Waals surface area contributed by atoms with E-state index in [0.29, 0.717) is 24.5 Å². The fourth-order valence-electron chi connectivity index (χ4n) is 2.41. The molecule has 0 bridgehead atoms. The Hall–Kier alpha value is -2.02. The lowest BCUT2D eigenvalue weighted by Crippen LogP contribution is -2.41. The second-order valence-corrected chi connectivity index (χ2v) is 5.98. The lowest BCUT2D eigenvalue weighted by Gasteiger charge is -2.31. The Kier molecular flexibility index (Phi) is 4.62. The first-order valence-electron chi connectivity index (χ1n) is 7.06. The maximum Gasteiger partial charge on any atom is 0.255 e. The highest BCUT2D eigenvalue weighted by Crippen LogP contribution is 2.19. The van der Waals surface area contributed by atoms with Crippen LogP contribution in [0.2, 0.25) is 0 Å². The molecule has 1 aliphatic heterocycles. The van der Waals surface area contributed by atoms with E-state index in [1.54, 1.807) is 36.8 Å². The number of amides is 1. The van der Waals surface area contributed by atoms with Crippen LogP contribution in [0.25, 0.3) is 0 Å². The number of pyridine rings is 1. The summed E-state index contributed by atoms with van der Waals surface area (Å²) in [6.45, 7) is 1.33. The normalized spacial score (nSPS) is 15.6. The van der Waals surface area contributed by atoms with Gasteiger partial charge in [-0.1, -0.05) is 0 Å². The van der Waals surface area contributed by atoms with E-state index >= 15 is 0 Å². The van der Waals surface area contributed by atoms with Gasteiger partial charge in [-0.15, -0.1) is 5.10 Å². The van der Waals surface area contributed by atoms with Gasteiger partial charge in [-0.25, -0.2) is 0 Å². The van der Waals surface area contributed by atoms with Gasteiger partial charge in [0.2, 0.25) is 5.88 Å². The molecule has 0 spiro atoms. The monoisotopic (exact) mass is 362 g/mol. The van der Waals surface area contributed by atoms with Gasteiger partial charge in [0.15, 0.2) is 0 Å². The standard InChI is InChI=1S/C15H15BrN4O2/c16-12-8-11(9-17-10-12)15(21)20-6-3-13(4-7-20)22-14-2-1-5-18-19-14/h1-2,5,8-10,13H,3-4,6-7H2. The number of carbonyl (C=O) groups excluding carboxylic acids is 1. The van der Waals surface area contributed by atoms with Crippen molar-refractivity contribution in [3.63, 3.8) is 0 Å². The van der Waals surface area contributed by atoms with Gasteiger partial charge in [0.1, 0.15) is 6.10 Å². The van der Waals surface area contributed by atoms with Crippen molar-refractivity contribution in [2.75, 3.05) is 13.1 Å². The highest BCUT2D eigenvalue weighted by molar-refractivity contribution is 9.10. The minimum absolute atomic E-state index is 0.00625. The molecule has 0 aliphatic carbocycles. The van der Waals surface area contributed by atoms with Crippen LogP contribution in [0.4, 0.5) is 0 Å². The lowest BCUT2D eigenvalue weighted by molar-refractivity contribution is 0.0585.